The fourth-order valence-electron chi connectivity index (χ4n) is 4.75. The van der Waals surface area contributed by atoms with Crippen molar-refractivity contribution >= 4 is 22.3 Å². The van der Waals surface area contributed by atoms with Crippen molar-refractivity contribution in [3.63, 3.8) is 0 Å². The SMILES string of the molecule is C=C(Cc1ccccc1)Nc1cncc(C(=C/C)/C(F)=C(/Cc2nc3c(-c4ccccc4F)nccc3[nH]2)C(=C)N)c1. The maximum absolute atomic E-state index is 16.2. The van der Waals surface area contributed by atoms with Crippen LogP contribution in [-0.4, -0.2) is 19.9 Å². The Hall–Kier alpha value is -5.37. The van der Waals surface area contributed by atoms with E-state index in [0.717, 1.165) is 11.3 Å². The highest BCUT2D eigenvalue weighted by Crippen LogP contribution is 2.32. The molecule has 0 saturated heterocycles. The average Bonchev–Trinajstić information content (AvgIpc) is 3.40. The first-order valence-corrected chi connectivity index (χ1v) is 13.4. The van der Waals surface area contributed by atoms with Crippen LogP contribution in [-0.2, 0) is 12.8 Å². The van der Waals surface area contributed by atoms with E-state index in [1.807, 2.05) is 36.4 Å². The largest absolute Gasteiger partial charge is 0.399 e. The molecule has 0 amide bonds. The van der Waals surface area contributed by atoms with E-state index in [9.17, 15) is 4.39 Å². The summed E-state index contributed by atoms with van der Waals surface area (Å²) in [6, 6.07) is 19.9. The average molecular weight is 561 g/mol. The first-order chi connectivity index (χ1) is 20.3. The summed E-state index contributed by atoms with van der Waals surface area (Å²) >= 11 is 0. The maximum atomic E-state index is 16.2. The van der Waals surface area contributed by atoms with Crippen LogP contribution in [0.1, 0.15) is 23.9 Å². The van der Waals surface area contributed by atoms with E-state index in [0.29, 0.717) is 51.4 Å². The van der Waals surface area contributed by atoms with Crippen molar-refractivity contribution < 1.29 is 8.78 Å². The number of nitrogens with zero attached hydrogens (tertiary/aromatic N) is 3. The fraction of sp³-hybridized carbons (Fsp3) is 0.0882. The molecule has 6 nitrogen and oxygen atoms in total. The second-order valence-electron chi connectivity index (χ2n) is 9.77. The molecule has 0 unspecified atom stereocenters. The Morgan fingerprint density at radius 3 is 2.52 bits per heavy atom. The van der Waals surface area contributed by atoms with Gasteiger partial charge in [-0.05, 0) is 36.8 Å². The number of imidazole rings is 1. The molecule has 0 bridgehead atoms. The van der Waals surface area contributed by atoms with Crippen molar-refractivity contribution in [2.45, 2.75) is 19.8 Å². The van der Waals surface area contributed by atoms with Gasteiger partial charge in [-0.3, -0.25) is 9.97 Å². The van der Waals surface area contributed by atoms with Gasteiger partial charge < -0.3 is 16.0 Å². The Bertz CT molecular complexity index is 1840. The molecule has 5 rings (SSSR count). The van der Waals surface area contributed by atoms with E-state index in [2.05, 4.69) is 38.4 Å². The van der Waals surface area contributed by atoms with Crippen molar-refractivity contribution in [3.05, 3.63) is 150 Å². The summed E-state index contributed by atoms with van der Waals surface area (Å²) in [5.41, 5.74) is 11.6. The Kier molecular flexibility index (Phi) is 8.34. The van der Waals surface area contributed by atoms with Crippen LogP contribution in [0.25, 0.3) is 27.9 Å². The molecule has 3 heterocycles. The number of fused-ring (bicyclic) bond motifs is 1. The number of aromatic nitrogens is 4. The minimum absolute atomic E-state index is 0.0309. The number of nitrogens with one attached hydrogen (secondary N) is 2. The smallest absolute Gasteiger partial charge is 0.136 e. The molecule has 210 valence electrons. The Labute approximate surface area is 243 Å². The van der Waals surface area contributed by atoms with Crippen molar-refractivity contribution in [2.75, 3.05) is 5.32 Å². The van der Waals surface area contributed by atoms with Gasteiger partial charge in [-0.2, -0.15) is 0 Å². The normalized spacial score (nSPS) is 12.2. The highest BCUT2D eigenvalue weighted by molar-refractivity contribution is 5.89. The number of hydrogen-bond donors (Lipinski definition) is 3. The number of benzene rings is 2. The van der Waals surface area contributed by atoms with Gasteiger partial charge in [0.25, 0.3) is 0 Å². The zero-order valence-corrected chi connectivity index (χ0v) is 23.2. The highest BCUT2D eigenvalue weighted by Gasteiger charge is 2.19. The number of nitrogens with two attached hydrogens (primary N) is 1. The molecule has 8 heteroatoms. The minimum atomic E-state index is -0.542. The molecule has 4 N–H and O–H groups in total. The number of hydrogen-bond acceptors (Lipinski definition) is 5. The summed E-state index contributed by atoms with van der Waals surface area (Å²) in [6.45, 7) is 9.68. The zero-order chi connectivity index (χ0) is 29.6. The lowest BCUT2D eigenvalue weighted by atomic mass is 9.99. The molecule has 0 atom stereocenters. The van der Waals surface area contributed by atoms with Crippen LogP contribution >= 0.6 is 0 Å². The van der Waals surface area contributed by atoms with Crippen LogP contribution in [0.3, 0.4) is 0 Å². The van der Waals surface area contributed by atoms with E-state index < -0.39 is 11.6 Å². The van der Waals surface area contributed by atoms with Gasteiger partial charge in [0.1, 0.15) is 28.7 Å². The molecule has 0 saturated carbocycles. The summed E-state index contributed by atoms with van der Waals surface area (Å²) in [5, 5.41) is 3.27. The van der Waals surface area contributed by atoms with Crippen molar-refractivity contribution in [1.82, 2.24) is 19.9 Å². The van der Waals surface area contributed by atoms with Crippen LogP contribution in [0.2, 0.25) is 0 Å². The topological polar surface area (TPSA) is 92.5 Å². The predicted octanol–water partition coefficient (Wildman–Crippen LogP) is 7.67. The summed E-state index contributed by atoms with van der Waals surface area (Å²) in [5.74, 6) is -0.510. The molecule has 42 heavy (non-hydrogen) atoms. The molecule has 0 aliphatic rings. The molecule has 2 aromatic carbocycles. The third kappa shape index (κ3) is 6.18. The quantitative estimate of drug-likeness (QED) is 0.152. The molecule has 0 fully saturated rings. The minimum Gasteiger partial charge on any atom is -0.399 e. The number of aromatic amines is 1. The maximum Gasteiger partial charge on any atom is 0.136 e. The number of halogens is 2. The first-order valence-electron chi connectivity index (χ1n) is 13.4. The van der Waals surface area contributed by atoms with Crippen molar-refractivity contribution in [1.29, 1.82) is 0 Å². The summed E-state index contributed by atoms with van der Waals surface area (Å²) in [6.07, 6.45) is 7.15. The summed E-state index contributed by atoms with van der Waals surface area (Å²) in [4.78, 5) is 16.5. The van der Waals surface area contributed by atoms with E-state index in [-0.39, 0.29) is 17.7 Å². The third-order valence-corrected chi connectivity index (χ3v) is 6.73. The molecule has 0 radical (unpaired) electrons. The number of H-pyrrole nitrogens is 1. The van der Waals surface area contributed by atoms with Crippen LogP contribution in [0.15, 0.2) is 127 Å². The summed E-state index contributed by atoms with van der Waals surface area (Å²) in [7, 11) is 0. The standard InChI is InChI=1S/C34H30F2N6/c1-4-26(24-17-25(20-38-19-24)40-21(2)16-23-10-6-5-7-11-23)32(36)28(22(3)37)18-31-41-30-14-15-39-33(34(30)42-31)27-12-8-9-13-29(27)35/h4-15,17,19-20,40H,2-3,16,18,37H2,1H3,(H,41,42)/b26-4-,32-28+. The molecule has 3 aromatic heterocycles. The van der Waals surface area contributed by atoms with Crippen LogP contribution < -0.4 is 11.1 Å². The van der Waals surface area contributed by atoms with Gasteiger partial charge in [0, 0.05) is 58.9 Å². The third-order valence-electron chi connectivity index (χ3n) is 6.73. The highest BCUT2D eigenvalue weighted by atomic mass is 19.1. The van der Waals surface area contributed by atoms with Gasteiger partial charge in [0.15, 0.2) is 0 Å². The molecule has 5 aromatic rings. The van der Waals surface area contributed by atoms with Crippen molar-refractivity contribution in [3.8, 4) is 11.3 Å². The van der Waals surface area contributed by atoms with Gasteiger partial charge in [-0.25, -0.2) is 13.8 Å². The number of anilines is 1. The first kappa shape index (κ1) is 28.2. The van der Waals surface area contributed by atoms with Gasteiger partial charge in [0.05, 0.1) is 17.4 Å². The molecule has 0 spiro atoms. The lowest BCUT2D eigenvalue weighted by Crippen LogP contribution is -2.07. The molecular formula is C34H30F2N6. The summed E-state index contributed by atoms with van der Waals surface area (Å²) < 4.78 is 30.7. The van der Waals surface area contributed by atoms with Crippen LogP contribution in [0.5, 0.6) is 0 Å². The second-order valence-corrected chi connectivity index (χ2v) is 9.77. The number of rotatable bonds is 10. The van der Waals surface area contributed by atoms with E-state index in [1.165, 1.54) is 6.07 Å². The fourth-order valence-corrected chi connectivity index (χ4v) is 4.75. The molecular weight excluding hydrogens is 530 g/mol. The lowest BCUT2D eigenvalue weighted by Gasteiger charge is -2.14. The Morgan fingerprint density at radius 1 is 1.02 bits per heavy atom. The second kappa shape index (κ2) is 12.4. The zero-order valence-electron chi connectivity index (χ0n) is 23.2. The number of pyridine rings is 2. The lowest BCUT2D eigenvalue weighted by molar-refractivity contribution is 0.631. The van der Waals surface area contributed by atoms with E-state index in [1.54, 1.807) is 55.9 Å². The van der Waals surface area contributed by atoms with Crippen LogP contribution in [0.4, 0.5) is 14.5 Å². The van der Waals surface area contributed by atoms with Gasteiger partial charge >= 0.3 is 0 Å². The van der Waals surface area contributed by atoms with E-state index in [4.69, 9.17) is 5.73 Å². The predicted molar refractivity (Wildman–Crippen MR) is 165 cm³/mol. The molecule has 0 aliphatic heterocycles. The Balaban J connectivity index is 1.43. The monoisotopic (exact) mass is 560 g/mol. The molecule has 0 aliphatic carbocycles. The van der Waals surface area contributed by atoms with Gasteiger partial charge in [-0.15, -0.1) is 0 Å². The Morgan fingerprint density at radius 2 is 1.79 bits per heavy atom. The number of allylic oxidation sites excluding steroid dienone is 5. The van der Waals surface area contributed by atoms with Gasteiger partial charge in [0.2, 0.25) is 0 Å². The van der Waals surface area contributed by atoms with Crippen LogP contribution in [0, 0.1) is 5.82 Å². The van der Waals surface area contributed by atoms with Crippen molar-refractivity contribution in [2.24, 2.45) is 5.73 Å². The van der Waals surface area contributed by atoms with Gasteiger partial charge in [-0.1, -0.05) is 61.7 Å². The van der Waals surface area contributed by atoms with E-state index >= 15 is 4.39 Å².